The molecule has 1 aromatic carbocycles. The van der Waals surface area contributed by atoms with E-state index in [2.05, 4.69) is 4.74 Å². The maximum atomic E-state index is 12.0. The van der Waals surface area contributed by atoms with Crippen molar-refractivity contribution in [3.63, 3.8) is 0 Å². The normalized spacial score (nSPS) is 12.6. The van der Waals surface area contributed by atoms with Gasteiger partial charge < -0.3 is 9.84 Å². The monoisotopic (exact) mass is 246 g/mol. The van der Waals surface area contributed by atoms with Gasteiger partial charge in [-0.15, -0.1) is 13.2 Å². The van der Waals surface area contributed by atoms with Crippen molar-refractivity contribution in [2.24, 2.45) is 0 Å². The molecule has 0 aliphatic carbocycles. The largest absolute Gasteiger partial charge is 0.573 e. The second kappa shape index (κ2) is 5.12. The lowest BCUT2D eigenvalue weighted by Crippen LogP contribution is -2.17. The molecule has 0 amide bonds. The van der Waals surface area contributed by atoms with Crippen molar-refractivity contribution in [3.05, 3.63) is 35.4 Å². The first-order valence-electron chi connectivity index (χ1n) is 5.09. The first kappa shape index (κ1) is 13.4. The highest BCUT2D eigenvalue weighted by Gasteiger charge is 2.31. The van der Waals surface area contributed by atoms with Crippen molar-refractivity contribution in [2.75, 3.05) is 0 Å². The van der Waals surface area contributed by atoms with Gasteiger partial charge in [0.2, 0.25) is 0 Å². The number of allylic oxidation sites excluding steroid dienone is 1. The number of ether oxygens (including phenoxy) is 1. The fourth-order valence-corrected chi connectivity index (χ4v) is 1.36. The van der Waals surface area contributed by atoms with Crippen LogP contribution in [0.25, 0.3) is 5.76 Å². The molecule has 0 radical (unpaired) electrons. The van der Waals surface area contributed by atoms with Gasteiger partial charge in [0.05, 0.1) is 0 Å². The van der Waals surface area contributed by atoms with Gasteiger partial charge in [0.1, 0.15) is 11.5 Å². The van der Waals surface area contributed by atoms with Crippen LogP contribution in [0.4, 0.5) is 13.2 Å². The van der Waals surface area contributed by atoms with Crippen LogP contribution in [-0.4, -0.2) is 11.5 Å². The van der Waals surface area contributed by atoms with Crippen molar-refractivity contribution in [2.45, 2.75) is 26.6 Å². The number of halogens is 3. The molecule has 0 aromatic heterocycles. The fraction of sp³-hybridized carbons (Fsp3) is 0.333. The molecule has 1 aromatic rings. The Morgan fingerprint density at radius 2 is 2.06 bits per heavy atom. The van der Waals surface area contributed by atoms with Gasteiger partial charge in [-0.25, -0.2) is 0 Å². The predicted molar refractivity (Wildman–Crippen MR) is 58.8 cm³/mol. The van der Waals surface area contributed by atoms with E-state index in [1.54, 1.807) is 6.08 Å². The molecule has 0 bridgehead atoms. The lowest BCUT2D eigenvalue weighted by atomic mass is 10.1. The van der Waals surface area contributed by atoms with Crippen LogP contribution < -0.4 is 4.74 Å². The number of aryl methyl sites for hydroxylation is 1. The standard InChI is InChI=1S/C12H13F3O2/c1-3-4-10(16)9-5-6-11(8(2)7-9)17-12(13,14)15/h4-7,16H,3H2,1-2H3/b10-4+. The Labute approximate surface area is 97.3 Å². The van der Waals surface area contributed by atoms with Crippen molar-refractivity contribution in [1.29, 1.82) is 0 Å². The van der Waals surface area contributed by atoms with E-state index >= 15 is 0 Å². The van der Waals surface area contributed by atoms with Crippen LogP contribution in [0.1, 0.15) is 24.5 Å². The van der Waals surface area contributed by atoms with Crippen molar-refractivity contribution in [1.82, 2.24) is 0 Å². The zero-order chi connectivity index (χ0) is 13.1. The van der Waals surface area contributed by atoms with Gasteiger partial charge in [0.15, 0.2) is 0 Å². The summed E-state index contributed by atoms with van der Waals surface area (Å²) in [5.41, 5.74) is 0.787. The zero-order valence-corrected chi connectivity index (χ0v) is 9.51. The molecular weight excluding hydrogens is 233 g/mol. The molecule has 94 valence electrons. The smallest absolute Gasteiger partial charge is 0.508 e. The maximum absolute atomic E-state index is 12.0. The minimum atomic E-state index is -4.70. The van der Waals surface area contributed by atoms with Gasteiger partial charge in [-0.05, 0) is 43.2 Å². The second-order valence-corrected chi connectivity index (χ2v) is 3.53. The van der Waals surface area contributed by atoms with E-state index in [1.807, 2.05) is 6.92 Å². The van der Waals surface area contributed by atoms with Gasteiger partial charge in [0.25, 0.3) is 0 Å². The molecule has 5 heteroatoms. The summed E-state index contributed by atoms with van der Waals surface area (Å²) in [7, 11) is 0. The molecule has 0 aliphatic rings. The Morgan fingerprint density at radius 1 is 1.41 bits per heavy atom. The van der Waals surface area contributed by atoms with E-state index in [0.717, 1.165) is 0 Å². The molecule has 1 N–H and O–H groups in total. The number of hydrogen-bond acceptors (Lipinski definition) is 2. The van der Waals surface area contributed by atoms with E-state index in [4.69, 9.17) is 0 Å². The molecule has 0 unspecified atom stereocenters. The minimum absolute atomic E-state index is 0.0501. The number of alkyl halides is 3. The Hall–Kier alpha value is -1.65. The highest BCUT2D eigenvalue weighted by atomic mass is 19.4. The summed E-state index contributed by atoms with van der Waals surface area (Å²) in [6.07, 6.45) is -2.47. The Bertz CT molecular complexity index is 422. The lowest BCUT2D eigenvalue weighted by molar-refractivity contribution is -0.274. The van der Waals surface area contributed by atoms with E-state index < -0.39 is 6.36 Å². The fourth-order valence-electron chi connectivity index (χ4n) is 1.36. The number of hydrogen-bond donors (Lipinski definition) is 1. The molecule has 2 nitrogen and oxygen atoms in total. The SMILES string of the molecule is CC/C=C(/O)c1ccc(OC(F)(F)F)c(C)c1. The summed E-state index contributed by atoms with van der Waals surface area (Å²) in [4.78, 5) is 0. The molecule has 0 fully saturated rings. The van der Waals surface area contributed by atoms with E-state index in [9.17, 15) is 18.3 Å². The Morgan fingerprint density at radius 3 is 2.53 bits per heavy atom. The van der Waals surface area contributed by atoms with Gasteiger partial charge in [0, 0.05) is 5.56 Å². The number of aliphatic hydroxyl groups is 1. The first-order chi connectivity index (χ1) is 7.83. The summed E-state index contributed by atoms with van der Waals surface area (Å²) < 4.78 is 39.9. The van der Waals surface area contributed by atoms with Crippen LogP contribution in [0, 0.1) is 6.92 Å². The van der Waals surface area contributed by atoms with Crippen molar-refractivity contribution >= 4 is 5.76 Å². The number of aliphatic hydroxyl groups excluding tert-OH is 1. The summed E-state index contributed by atoms with van der Waals surface area (Å²) in [5.74, 6) is -0.209. The van der Waals surface area contributed by atoms with Gasteiger partial charge in [-0.2, -0.15) is 0 Å². The van der Waals surface area contributed by atoms with E-state index in [-0.39, 0.29) is 11.5 Å². The molecule has 0 aliphatic heterocycles. The van der Waals surface area contributed by atoms with Gasteiger partial charge in [-0.3, -0.25) is 0 Å². The summed E-state index contributed by atoms with van der Waals surface area (Å²) in [6, 6.07) is 4.02. The highest BCUT2D eigenvalue weighted by Crippen LogP contribution is 2.28. The molecule has 0 atom stereocenters. The van der Waals surface area contributed by atoms with E-state index in [0.29, 0.717) is 17.5 Å². The summed E-state index contributed by atoms with van der Waals surface area (Å²) in [5, 5.41) is 9.57. The highest BCUT2D eigenvalue weighted by molar-refractivity contribution is 5.60. The molecular formula is C12H13F3O2. The van der Waals surface area contributed by atoms with E-state index in [1.165, 1.54) is 25.1 Å². The first-order valence-corrected chi connectivity index (χ1v) is 5.09. The minimum Gasteiger partial charge on any atom is -0.508 e. The third kappa shape index (κ3) is 4.01. The van der Waals surface area contributed by atoms with Crippen LogP contribution in [0.5, 0.6) is 5.75 Å². The summed E-state index contributed by atoms with van der Waals surface area (Å²) in [6.45, 7) is 3.34. The zero-order valence-electron chi connectivity index (χ0n) is 9.51. The van der Waals surface area contributed by atoms with Crippen LogP contribution >= 0.6 is 0 Å². The van der Waals surface area contributed by atoms with Crippen LogP contribution in [0.2, 0.25) is 0 Å². The maximum Gasteiger partial charge on any atom is 0.573 e. The molecule has 0 saturated carbocycles. The molecule has 0 spiro atoms. The van der Waals surface area contributed by atoms with Crippen LogP contribution in [0.15, 0.2) is 24.3 Å². The topological polar surface area (TPSA) is 29.5 Å². The van der Waals surface area contributed by atoms with Gasteiger partial charge in [-0.1, -0.05) is 6.92 Å². The van der Waals surface area contributed by atoms with Crippen molar-refractivity contribution < 1.29 is 23.0 Å². The number of benzene rings is 1. The molecule has 0 heterocycles. The molecule has 0 saturated heterocycles. The van der Waals surface area contributed by atoms with Gasteiger partial charge >= 0.3 is 6.36 Å². The molecule has 1 rings (SSSR count). The second-order valence-electron chi connectivity index (χ2n) is 3.53. The lowest BCUT2D eigenvalue weighted by Gasteiger charge is -2.12. The third-order valence-corrected chi connectivity index (χ3v) is 2.09. The van der Waals surface area contributed by atoms with Crippen molar-refractivity contribution in [3.8, 4) is 5.75 Å². The number of rotatable bonds is 3. The third-order valence-electron chi connectivity index (χ3n) is 2.09. The Kier molecular flexibility index (Phi) is 4.04. The Balaban J connectivity index is 2.98. The average Bonchev–Trinajstić information content (AvgIpc) is 2.19. The molecule has 17 heavy (non-hydrogen) atoms. The van der Waals surface area contributed by atoms with Crippen LogP contribution in [-0.2, 0) is 0 Å². The average molecular weight is 246 g/mol. The quantitative estimate of drug-likeness (QED) is 0.810. The summed E-state index contributed by atoms with van der Waals surface area (Å²) >= 11 is 0. The predicted octanol–water partition coefficient (Wildman–Crippen LogP) is 4.20. The van der Waals surface area contributed by atoms with Crippen LogP contribution in [0.3, 0.4) is 0 Å².